The van der Waals surface area contributed by atoms with E-state index in [1.807, 2.05) is 0 Å². The van der Waals surface area contributed by atoms with Gasteiger partial charge in [-0.2, -0.15) is 4.80 Å². The van der Waals surface area contributed by atoms with Gasteiger partial charge >= 0.3 is 6.03 Å². The lowest BCUT2D eigenvalue weighted by Gasteiger charge is -2.12. The summed E-state index contributed by atoms with van der Waals surface area (Å²) in [7, 11) is 1.54. The van der Waals surface area contributed by atoms with Crippen LogP contribution in [0.3, 0.4) is 0 Å². The van der Waals surface area contributed by atoms with Crippen molar-refractivity contribution >= 4 is 23.5 Å². The summed E-state index contributed by atoms with van der Waals surface area (Å²) in [6, 6.07) is 6.09. The molecule has 0 radical (unpaired) electrons. The Morgan fingerprint density at radius 2 is 1.90 bits per heavy atom. The summed E-state index contributed by atoms with van der Waals surface area (Å²) in [6.45, 7) is 1.49. The van der Waals surface area contributed by atoms with Gasteiger partial charge < -0.3 is 5.32 Å². The van der Waals surface area contributed by atoms with E-state index in [2.05, 4.69) is 31.6 Å². The Morgan fingerprint density at radius 1 is 1.13 bits per heavy atom. The molecule has 0 unspecified atom stereocenters. The van der Waals surface area contributed by atoms with Crippen molar-refractivity contribution in [1.29, 1.82) is 0 Å². The van der Waals surface area contributed by atoms with Crippen molar-refractivity contribution in [2.24, 2.45) is 7.05 Å². The molecule has 0 bridgehead atoms. The molecule has 3 N–H and O–H groups in total. The Morgan fingerprint density at radius 3 is 2.55 bits per heavy atom. The van der Waals surface area contributed by atoms with Crippen LogP contribution in [0.2, 0.25) is 5.02 Å². The van der Waals surface area contributed by atoms with Gasteiger partial charge in [-0.25, -0.2) is 19.0 Å². The third kappa shape index (κ3) is 5.31. The molecule has 0 atom stereocenters. The largest absolute Gasteiger partial charge is 0.333 e. The van der Waals surface area contributed by atoms with Crippen molar-refractivity contribution in [1.82, 2.24) is 36.4 Å². The first-order chi connectivity index (χ1) is 14.8. The Bertz CT molecular complexity index is 1140. The molecule has 0 spiro atoms. The zero-order chi connectivity index (χ0) is 22.5. The summed E-state index contributed by atoms with van der Waals surface area (Å²) in [6.07, 6.45) is 0.201. The number of benzene rings is 2. The maximum atomic E-state index is 14.7. The van der Waals surface area contributed by atoms with Crippen LogP contribution in [0, 0.1) is 11.6 Å². The number of hydrogen-bond acceptors (Lipinski definition) is 5. The zero-order valence-corrected chi connectivity index (χ0v) is 17.3. The predicted molar refractivity (Wildman–Crippen MR) is 108 cm³/mol. The van der Waals surface area contributed by atoms with E-state index in [1.54, 1.807) is 13.0 Å². The molecular formula is C19H18ClF2N7O2. The molecule has 162 valence electrons. The number of nitrogens with one attached hydrogen (secondary N) is 3. The number of aromatic nitrogens is 4. The minimum Gasteiger partial charge on any atom is -0.333 e. The molecule has 0 aliphatic carbocycles. The highest BCUT2D eigenvalue weighted by atomic mass is 35.5. The van der Waals surface area contributed by atoms with Crippen molar-refractivity contribution in [2.75, 3.05) is 0 Å². The maximum absolute atomic E-state index is 14.7. The molecule has 3 amide bonds. The fourth-order valence-corrected chi connectivity index (χ4v) is 2.91. The smallest absolute Gasteiger partial charge is 0.333 e. The van der Waals surface area contributed by atoms with Crippen LogP contribution in [0.25, 0.3) is 22.5 Å². The van der Waals surface area contributed by atoms with E-state index in [-0.39, 0.29) is 46.4 Å². The Balaban J connectivity index is 1.83. The normalized spacial score (nSPS) is 10.6. The van der Waals surface area contributed by atoms with Gasteiger partial charge in [-0.05, 0) is 34.5 Å². The van der Waals surface area contributed by atoms with Gasteiger partial charge in [0.1, 0.15) is 11.6 Å². The van der Waals surface area contributed by atoms with Crippen LogP contribution < -0.4 is 16.2 Å². The lowest BCUT2D eigenvalue weighted by atomic mass is 9.97. The monoisotopic (exact) mass is 449 g/mol. The summed E-state index contributed by atoms with van der Waals surface area (Å²) in [5.74, 6) is -1.64. The fourth-order valence-electron chi connectivity index (χ4n) is 2.71. The van der Waals surface area contributed by atoms with Crippen LogP contribution in [0.4, 0.5) is 13.6 Å². The van der Waals surface area contributed by atoms with Gasteiger partial charge in [-0.15, -0.1) is 10.2 Å². The first-order valence-electron chi connectivity index (χ1n) is 9.13. The number of hydrazine groups is 1. The summed E-state index contributed by atoms with van der Waals surface area (Å²) in [4.78, 5) is 24.0. The van der Waals surface area contributed by atoms with Crippen molar-refractivity contribution in [3.05, 3.63) is 52.6 Å². The van der Waals surface area contributed by atoms with Gasteiger partial charge in [0.05, 0.1) is 12.6 Å². The number of rotatable bonds is 5. The molecule has 0 aliphatic rings. The third-order valence-corrected chi connectivity index (χ3v) is 4.45. The van der Waals surface area contributed by atoms with Crippen molar-refractivity contribution in [3.8, 4) is 22.5 Å². The third-order valence-electron chi connectivity index (χ3n) is 4.23. The number of carbonyl (C=O) groups is 2. The lowest BCUT2D eigenvalue weighted by Crippen LogP contribution is -2.46. The quantitative estimate of drug-likeness (QED) is 0.518. The van der Waals surface area contributed by atoms with Gasteiger partial charge in [0.2, 0.25) is 11.7 Å². The van der Waals surface area contributed by atoms with Crippen LogP contribution in [0.5, 0.6) is 0 Å². The van der Waals surface area contributed by atoms with E-state index in [0.29, 0.717) is 5.56 Å². The first kappa shape index (κ1) is 22.1. The van der Waals surface area contributed by atoms with E-state index in [1.165, 1.54) is 30.0 Å². The number of tetrazole rings is 1. The van der Waals surface area contributed by atoms with Gasteiger partial charge in [0, 0.05) is 23.6 Å². The van der Waals surface area contributed by atoms with Crippen LogP contribution in [-0.4, -0.2) is 32.1 Å². The number of urea groups is 1. The van der Waals surface area contributed by atoms with Crippen LogP contribution in [-0.2, 0) is 18.4 Å². The molecule has 3 rings (SSSR count). The van der Waals surface area contributed by atoms with Gasteiger partial charge in [0.25, 0.3) is 0 Å². The highest BCUT2D eigenvalue weighted by Crippen LogP contribution is 2.35. The standard InChI is InChI=1S/C19H18ClF2N7O2/c1-3-16(30)24-26-19(31)23-9-11-5-4-10(6-14(11)21)13-7-12(20)8-15(22)17(13)18-25-28-29(2)27-18/h4-8H,3,9H2,1-2H3,(H,24,30)(H2,23,26,31). The summed E-state index contributed by atoms with van der Waals surface area (Å²) < 4.78 is 29.3. The van der Waals surface area contributed by atoms with E-state index in [9.17, 15) is 18.4 Å². The second-order valence-corrected chi connectivity index (χ2v) is 6.86. The molecule has 1 heterocycles. The number of aryl methyl sites for hydroxylation is 1. The molecule has 0 saturated carbocycles. The summed E-state index contributed by atoms with van der Waals surface area (Å²) in [5, 5.41) is 14.1. The SMILES string of the molecule is CCC(=O)NNC(=O)NCc1ccc(-c2cc(Cl)cc(F)c2-c2nnn(C)n2)cc1F. The second kappa shape index (κ2) is 9.47. The molecule has 0 aliphatic heterocycles. The summed E-state index contributed by atoms with van der Waals surface area (Å²) in [5.41, 5.74) is 5.18. The zero-order valence-electron chi connectivity index (χ0n) is 16.5. The minimum atomic E-state index is -0.696. The van der Waals surface area contributed by atoms with E-state index in [4.69, 9.17) is 11.6 Å². The molecule has 12 heteroatoms. The van der Waals surface area contributed by atoms with Crippen LogP contribution >= 0.6 is 11.6 Å². The highest BCUT2D eigenvalue weighted by molar-refractivity contribution is 6.31. The molecular weight excluding hydrogens is 432 g/mol. The maximum Gasteiger partial charge on any atom is 0.333 e. The molecule has 1 aromatic heterocycles. The van der Waals surface area contributed by atoms with Gasteiger partial charge in [-0.1, -0.05) is 30.7 Å². The molecule has 0 saturated heterocycles. The molecule has 2 aromatic carbocycles. The van der Waals surface area contributed by atoms with Gasteiger partial charge in [-0.3, -0.25) is 10.2 Å². The lowest BCUT2D eigenvalue weighted by molar-refractivity contribution is -0.121. The van der Waals surface area contributed by atoms with E-state index < -0.39 is 17.7 Å². The predicted octanol–water partition coefficient (Wildman–Crippen LogP) is 2.72. The highest BCUT2D eigenvalue weighted by Gasteiger charge is 2.19. The second-order valence-electron chi connectivity index (χ2n) is 6.43. The Kier molecular flexibility index (Phi) is 6.75. The number of amides is 3. The average molecular weight is 450 g/mol. The Labute approximate surface area is 180 Å². The number of nitrogens with zero attached hydrogens (tertiary/aromatic N) is 4. The van der Waals surface area contributed by atoms with Crippen LogP contribution in [0.15, 0.2) is 30.3 Å². The van der Waals surface area contributed by atoms with E-state index in [0.717, 1.165) is 6.07 Å². The van der Waals surface area contributed by atoms with Crippen molar-refractivity contribution in [2.45, 2.75) is 19.9 Å². The summed E-state index contributed by atoms with van der Waals surface area (Å²) >= 11 is 6.00. The van der Waals surface area contributed by atoms with Crippen molar-refractivity contribution < 1.29 is 18.4 Å². The number of carbonyl (C=O) groups excluding carboxylic acids is 2. The first-order valence-corrected chi connectivity index (χ1v) is 9.51. The topological polar surface area (TPSA) is 114 Å². The molecule has 31 heavy (non-hydrogen) atoms. The fraction of sp³-hybridized carbons (Fsp3) is 0.211. The average Bonchev–Trinajstić information content (AvgIpc) is 3.16. The molecule has 9 nitrogen and oxygen atoms in total. The van der Waals surface area contributed by atoms with Gasteiger partial charge in [0.15, 0.2) is 0 Å². The van der Waals surface area contributed by atoms with E-state index >= 15 is 0 Å². The van der Waals surface area contributed by atoms with Crippen LogP contribution in [0.1, 0.15) is 18.9 Å². The van der Waals surface area contributed by atoms with Crippen molar-refractivity contribution in [3.63, 3.8) is 0 Å². The molecule has 0 fully saturated rings. The molecule has 3 aromatic rings. The minimum absolute atomic E-state index is 0.0311. The number of halogens is 3. The Hall–Kier alpha value is -3.60. The number of hydrogen-bond donors (Lipinski definition) is 3.